The van der Waals surface area contributed by atoms with Gasteiger partial charge in [-0.05, 0) is 20.4 Å². The van der Waals surface area contributed by atoms with Gasteiger partial charge in [0.25, 0.3) is 0 Å². The van der Waals surface area contributed by atoms with Gasteiger partial charge < -0.3 is 10.1 Å². The minimum Gasteiger partial charge on any atom is -0.378 e. The lowest BCUT2D eigenvalue weighted by Crippen LogP contribution is -2.61. The highest BCUT2D eigenvalue weighted by Gasteiger charge is 2.48. The van der Waals surface area contributed by atoms with Gasteiger partial charge in [-0.1, -0.05) is 13.8 Å². The molecule has 2 unspecified atom stereocenters. The summed E-state index contributed by atoms with van der Waals surface area (Å²) >= 11 is 0. The summed E-state index contributed by atoms with van der Waals surface area (Å²) in [5.74, 6) is 0.120. The number of nitrogens with one attached hydrogen (secondary N) is 2. The van der Waals surface area contributed by atoms with Crippen LogP contribution in [0.15, 0.2) is 0 Å². The molecule has 2 N–H and O–H groups in total. The molecule has 2 atom stereocenters. The maximum Gasteiger partial charge on any atom is 0.212 e. The third-order valence-corrected chi connectivity index (χ3v) is 4.98. The Morgan fingerprint density at radius 2 is 2.06 bits per heavy atom. The number of ether oxygens (including phenoxy) is 1. The molecule has 0 spiro atoms. The van der Waals surface area contributed by atoms with E-state index in [2.05, 4.69) is 23.9 Å². The monoisotopic (exact) mass is 264 g/mol. The van der Waals surface area contributed by atoms with Crippen molar-refractivity contribution in [2.45, 2.75) is 39.3 Å². The van der Waals surface area contributed by atoms with Gasteiger partial charge in [-0.3, -0.25) is 0 Å². The van der Waals surface area contributed by atoms with Crippen molar-refractivity contribution in [1.29, 1.82) is 0 Å². The van der Waals surface area contributed by atoms with Crippen molar-refractivity contribution in [3.05, 3.63) is 0 Å². The fourth-order valence-corrected chi connectivity index (χ4v) is 2.78. The van der Waals surface area contributed by atoms with E-state index < -0.39 is 10.0 Å². The van der Waals surface area contributed by atoms with E-state index in [9.17, 15) is 8.42 Å². The van der Waals surface area contributed by atoms with Gasteiger partial charge in [0, 0.05) is 24.6 Å². The Morgan fingerprint density at radius 3 is 2.53 bits per heavy atom. The van der Waals surface area contributed by atoms with Crippen LogP contribution in [0.1, 0.15) is 27.2 Å². The lowest BCUT2D eigenvalue weighted by Gasteiger charge is -2.52. The minimum absolute atomic E-state index is 0.0828. The smallest absolute Gasteiger partial charge is 0.212 e. The lowest BCUT2D eigenvalue weighted by atomic mass is 9.64. The Morgan fingerprint density at radius 1 is 1.41 bits per heavy atom. The summed E-state index contributed by atoms with van der Waals surface area (Å²) in [7, 11) is -1.67. The Bertz CT molecular complexity index is 341. The third kappa shape index (κ3) is 3.64. The Labute approximate surface area is 104 Å². The molecule has 0 aliphatic heterocycles. The van der Waals surface area contributed by atoms with E-state index in [1.807, 2.05) is 6.92 Å². The van der Waals surface area contributed by atoms with Crippen molar-refractivity contribution in [2.24, 2.45) is 5.41 Å². The molecular formula is C11H24N2O3S. The molecule has 0 amide bonds. The van der Waals surface area contributed by atoms with Crippen LogP contribution in [0.2, 0.25) is 0 Å². The minimum atomic E-state index is -3.10. The molecule has 5 nitrogen and oxygen atoms in total. The summed E-state index contributed by atoms with van der Waals surface area (Å²) in [6, 6.07) is 0.339. The molecular weight excluding hydrogens is 240 g/mol. The highest BCUT2D eigenvalue weighted by Crippen LogP contribution is 2.42. The molecule has 1 aliphatic rings. The van der Waals surface area contributed by atoms with Crippen LogP contribution in [0.5, 0.6) is 0 Å². The fourth-order valence-electron chi connectivity index (χ4n) is 2.19. The third-order valence-electron chi connectivity index (χ3n) is 3.62. The summed E-state index contributed by atoms with van der Waals surface area (Å²) in [6.07, 6.45) is 1.24. The van der Waals surface area contributed by atoms with Gasteiger partial charge in [0.2, 0.25) is 10.0 Å². The molecule has 0 heterocycles. The molecule has 1 aliphatic carbocycles. The average molecular weight is 264 g/mol. The molecule has 102 valence electrons. The highest BCUT2D eigenvalue weighted by atomic mass is 32.2. The normalized spacial score (nSPS) is 27.8. The maximum atomic E-state index is 11.2. The molecule has 0 saturated heterocycles. The topological polar surface area (TPSA) is 67.4 Å². The predicted octanol–water partition coefficient (Wildman–Crippen LogP) is 0.329. The lowest BCUT2D eigenvalue weighted by molar-refractivity contribution is -0.113. The quantitative estimate of drug-likeness (QED) is 0.695. The largest absolute Gasteiger partial charge is 0.378 e. The van der Waals surface area contributed by atoms with Crippen LogP contribution in [-0.4, -0.2) is 46.5 Å². The Kier molecular flexibility index (Phi) is 4.95. The van der Waals surface area contributed by atoms with E-state index >= 15 is 0 Å². The van der Waals surface area contributed by atoms with Crippen molar-refractivity contribution in [2.75, 3.05) is 26.0 Å². The van der Waals surface area contributed by atoms with E-state index in [1.165, 1.54) is 7.05 Å². The zero-order valence-electron chi connectivity index (χ0n) is 11.1. The van der Waals surface area contributed by atoms with Gasteiger partial charge in [-0.25, -0.2) is 13.1 Å². The molecule has 1 fully saturated rings. The van der Waals surface area contributed by atoms with E-state index in [0.29, 0.717) is 12.6 Å². The summed E-state index contributed by atoms with van der Waals surface area (Å²) in [4.78, 5) is 0. The predicted molar refractivity (Wildman–Crippen MR) is 68.4 cm³/mol. The first-order chi connectivity index (χ1) is 7.83. The highest BCUT2D eigenvalue weighted by molar-refractivity contribution is 7.89. The zero-order chi connectivity index (χ0) is 13.1. The summed E-state index contributed by atoms with van der Waals surface area (Å²) < 4.78 is 30.4. The van der Waals surface area contributed by atoms with Crippen molar-refractivity contribution in [3.63, 3.8) is 0 Å². The second kappa shape index (κ2) is 5.65. The van der Waals surface area contributed by atoms with E-state index in [4.69, 9.17) is 4.74 Å². The van der Waals surface area contributed by atoms with E-state index in [-0.39, 0.29) is 17.3 Å². The second-order valence-electron chi connectivity index (χ2n) is 5.03. The van der Waals surface area contributed by atoms with Crippen LogP contribution >= 0.6 is 0 Å². The first-order valence-corrected chi connectivity index (χ1v) is 7.75. The van der Waals surface area contributed by atoms with Crippen LogP contribution in [0.4, 0.5) is 0 Å². The number of hydrogen-bond donors (Lipinski definition) is 2. The van der Waals surface area contributed by atoms with E-state index in [1.54, 1.807) is 0 Å². The molecule has 17 heavy (non-hydrogen) atoms. The van der Waals surface area contributed by atoms with Crippen molar-refractivity contribution in [1.82, 2.24) is 10.0 Å². The van der Waals surface area contributed by atoms with E-state index in [0.717, 1.165) is 13.0 Å². The summed E-state index contributed by atoms with van der Waals surface area (Å²) in [5, 5.41) is 3.29. The molecule has 0 aromatic carbocycles. The Hall–Kier alpha value is -0.170. The Balaban J connectivity index is 2.31. The van der Waals surface area contributed by atoms with Gasteiger partial charge in [-0.15, -0.1) is 0 Å². The zero-order valence-corrected chi connectivity index (χ0v) is 11.9. The molecule has 1 saturated carbocycles. The summed E-state index contributed by atoms with van der Waals surface area (Å²) in [6.45, 7) is 7.52. The maximum absolute atomic E-state index is 11.2. The molecule has 0 radical (unpaired) electrons. The number of hydrogen-bond acceptors (Lipinski definition) is 4. The molecule has 0 aromatic heterocycles. The van der Waals surface area contributed by atoms with Crippen molar-refractivity contribution < 1.29 is 13.2 Å². The standard InChI is InChI=1S/C11H24N2O3S/c1-5-16-10-8-9(11(10,2)3)13-6-7-17(14,15)12-4/h9-10,12-13H,5-8H2,1-4H3. The first-order valence-electron chi connectivity index (χ1n) is 6.09. The van der Waals surface area contributed by atoms with Crippen molar-refractivity contribution >= 4 is 10.0 Å². The SMILES string of the molecule is CCOC1CC(NCCS(=O)(=O)NC)C1(C)C. The average Bonchev–Trinajstić information content (AvgIpc) is 2.27. The summed E-state index contributed by atoms with van der Waals surface area (Å²) in [5.41, 5.74) is 0.0828. The van der Waals surface area contributed by atoms with Crippen LogP contribution in [0.3, 0.4) is 0 Å². The van der Waals surface area contributed by atoms with Gasteiger partial charge in [-0.2, -0.15) is 0 Å². The van der Waals surface area contributed by atoms with Gasteiger partial charge in [0.15, 0.2) is 0 Å². The van der Waals surface area contributed by atoms with Gasteiger partial charge in [0.05, 0.1) is 11.9 Å². The molecule has 0 bridgehead atoms. The first kappa shape index (κ1) is 14.9. The fraction of sp³-hybridized carbons (Fsp3) is 1.00. The molecule has 1 rings (SSSR count). The van der Waals surface area contributed by atoms with Gasteiger partial charge >= 0.3 is 0 Å². The van der Waals surface area contributed by atoms with Gasteiger partial charge in [0.1, 0.15) is 0 Å². The molecule has 0 aromatic rings. The van der Waals surface area contributed by atoms with Crippen molar-refractivity contribution in [3.8, 4) is 0 Å². The van der Waals surface area contributed by atoms with Crippen LogP contribution in [0, 0.1) is 5.41 Å². The number of sulfonamides is 1. The second-order valence-corrected chi connectivity index (χ2v) is 7.08. The number of rotatable bonds is 7. The van der Waals surface area contributed by atoms with Crippen LogP contribution < -0.4 is 10.0 Å². The molecule has 6 heteroatoms. The van der Waals surface area contributed by atoms with Crippen LogP contribution in [-0.2, 0) is 14.8 Å². The van der Waals surface area contributed by atoms with Crippen LogP contribution in [0.25, 0.3) is 0 Å².